The summed E-state index contributed by atoms with van der Waals surface area (Å²) in [7, 11) is 0. The molecule has 8 N–H and O–H groups in total. The Hall–Kier alpha value is -0.690. The summed E-state index contributed by atoms with van der Waals surface area (Å²) in [6.45, 7) is 8.49. The first kappa shape index (κ1) is 26.6. The lowest BCUT2D eigenvalue weighted by atomic mass is 9.41. The summed E-state index contributed by atoms with van der Waals surface area (Å²) in [5.41, 5.74) is 6.36. The Bertz CT molecular complexity index is 641. The molecule has 31 heavy (non-hydrogen) atoms. The second-order valence-electron chi connectivity index (χ2n) is 11.2. The number of hydrogen-bond acceptors (Lipinski definition) is 5. The third-order valence-electron chi connectivity index (χ3n) is 9.95. The van der Waals surface area contributed by atoms with Gasteiger partial charge in [0, 0.05) is 24.3 Å². The Balaban J connectivity index is 0.00000111. The number of fused-ring (bicyclic) bond motifs is 5. The fourth-order valence-corrected chi connectivity index (χ4v) is 8.66. The van der Waals surface area contributed by atoms with E-state index in [0.29, 0.717) is 30.6 Å². The minimum absolute atomic E-state index is 0. The van der Waals surface area contributed by atoms with E-state index in [2.05, 4.69) is 13.8 Å². The van der Waals surface area contributed by atoms with Gasteiger partial charge in [0.25, 0.3) is 0 Å². The maximum absolute atomic E-state index is 11.4. The molecule has 6 nitrogen and oxygen atoms in total. The minimum Gasteiger partial charge on any atom is -0.481 e. The van der Waals surface area contributed by atoms with E-state index in [1.165, 1.54) is 0 Å². The first-order valence-corrected chi connectivity index (χ1v) is 12.5. The average molecular weight is 441 g/mol. The molecule has 182 valence electrons. The van der Waals surface area contributed by atoms with E-state index in [-0.39, 0.29) is 34.9 Å². The van der Waals surface area contributed by atoms with Gasteiger partial charge in [-0.05, 0) is 80.0 Å². The van der Waals surface area contributed by atoms with Crippen molar-refractivity contribution in [3.63, 3.8) is 0 Å². The lowest BCUT2D eigenvalue weighted by Gasteiger charge is -2.67. The molecular formula is C25H48N2O4. The summed E-state index contributed by atoms with van der Waals surface area (Å²) in [6, 6.07) is 0. The summed E-state index contributed by atoms with van der Waals surface area (Å²) in [5, 5.41) is 31.9. The van der Waals surface area contributed by atoms with Crippen molar-refractivity contribution in [1.82, 2.24) is 6.15 Å². The second-order valence-corrected chi connectivity index (χ2v) is 11.2. The summed E-state index contributed by atoms with van der Waals surface area (Å²) in [6.07, 6.45) is 10.7. The second kappa shape index (κ2) is 9.28. The predicted octanol–water partition coefficient (Wildman–Crippen LogP) is 4.85. The van der Waals surface area contributed by atoms with Crippen LogP contribution in [0.3, 0.4) is 0 Å². The van der Waals surface area contributed by atoms with Crippen molar-refractivity contribution in [2.45, 2.75) is 116 Å². The van der Waals surface area contributed by atoms with Gasteiger partial charge in [-0.1, -0.05) is 40.5 Å². The van der Waals surface area contributed by atoms with E-state index in [1.807, 2.05) is 13.8 Å². The average Bonchev–Trinajstić information content (AvgIpc) is 2.98. The number of rotatable bonds is 4. The van der Waals surface area contributed by atoms with Crippen molar-refractivity contribution in [1.29, 1.82) is 0 Å². The molecule has 4 rings (SSSR count). The Morgan fingerprint density at radius 1 is 1.03 bits per heavy atom. The highest BCUT2D eigenvalue weighted by atomic mass is 16.5. The lowest BCUT2D eigenvalue weighted by Crippen LogP contribution is -2.71. The third kappa shape index (κ3) is 4.18. The van der Waals surface area contributed by atoms with Crippen molar-refractivity contribution in [2.75, 3.05) is 0 Å². The van der Waals surface area contributed by atoms with Crippen molar-refractivity contribution in [3.8, 4) is 0 Å². The van der Waals surface area contributed by atoms with Gasteiger partial charge >= 0.3 is 5.97 Å². The zero-order valence-electron chi connectivity index (χ0n) is 20.3. The van der Waals surface area contributed by atoms with Gasteiger partial charge in [-0.3, -0.25) is 4.79 Å². The molecule has 0 aromatic heterocycles. The Morgan fingerprint density at radius 3 is 2.32 bits per heavy atom. The fourth-order valence-electron chi connectivity index (χ4n) is 8.66. The van der Waals surface area contributed by atoms with Gasteiger partial charge in [-0.2, -0.15) is 0 Å². The molecule has 0 aliphatic heterocycles. The van der Waals surface area contributed by atoms with Gasteiger partial charge in [-0.25, -0.2) is 0 Å². The molecule has 4 saturated carbocycles. The van der Waals surface area contributed by atoms with Crippen LogP contribution in [0.5, 0.6) is 0 Å². The van der Waals surface area contributed by atoms with Crippen molar-refractivity contribution in [2.24, 2.45) is 40.2 Å². The quantitative estimate of drug-likeness (QED) is 0.396. The summed E-state index contributed by atoms with van der Waals surface area (Å²) >= 11 is 0. The van der Waals surface area contributed by atoms with Crippen LogP contribution in [-0.2, 0) is 4.79 Å². The van der Waals surface area contributed by atoms with Crippen LogP contribution in [0.25, 0.3) is 0 Å². The first-order valence-electron chi connectivity index (χ1n) is 12.5. The minimum atomic E-state index is -1.68. The van der Waals surface area contributed by atoms with Gasteiger partial charge in [0.15, 0.2) is 5.79 Å². The Morgan fingerprint density at radius 2 is 1.68 bits per heavy atom. The zero-order valence-corrected chi connectivity index (χ0v) is 20.3. The molecule has 6 heteroatoms. The molecule has 0 heterocycles. The number of aliphatic hydroxyl groups is 2. The molecular weight excluding hydrogens is 392 g/mol. The number of aliphatic carboxylic acids is 1. The number of hydrogen-bond donors (Lipinski definition) is 5. The number of carboxylic acid groups (broad SMARTS) is 1. The van der Waals surface area contributed by atoms with E-state index in [4.69, 9.17) is 10.8 Å². The first-order chi connectivity index (χ1) is 14.0. The molecule has 4 aliphatic rings. The van der Waals surface area contributed by atoms with Crippen molar-refractivity contribution < 1.29 is 20.1 Å². The van der Waals surface area contributed by atoms with Gasteiger partial charge < -0.3 is 27.2 Å². The lowest BCUT2D eigenvalue weighted by molar-refractivity contribution is -0.314. The van der Waals surface area contributed by atoms with E-state index in [1.54, 1.807) is 0 Å². The monoisotopic (exact) mass is 440 g/mol. The van der Waals surface area contributed by atoms with Crippen LogP contribution < -0.4 is 11.9 Å². The van der Waals surface area contributed by atoms with Crippen molar-refractivity contribution >= 4 is 5.97 Å². The van der Waals surface area contributed by atoms with Crippen LogP contribution in [0.15, 0.2) is 0 Å². The highest BCUT2D eigenvalue weighted by molar-refractivity contribution is 5.66. The van der Waals surface area contributed by atoms with E-state index >= 15 is 0 Å². The molecule has 0 amide bonds. The number of carboxylic acids is 1. The van der Waals surface area contributed by atoms with Crippen LogP contribution in [0, 0.1) is 34.5 Å². The normalized spacial score (nSPS) is 45.1. The Kier molecular flexibility index (Phi) is 7.95. The maximum Gasteiger partial charge on any atom is 0.303 e. The highest BCUT2D eigenvalue weighted by Crippen LogP contribution is 2.70. The SMILES string of the molecule is CC.CC12CC(O)(O)C3C(CCC4(N)CCCCC34C)C1CCC2CCCC(=O)O.N. The largest absolute Gasteiger partial charge is 0.481 e. The van der Waals surface area contributed by atoms with Crippen LogP contribution in [0.1, 0.15) is 105 Å². The van der Waals surface area contributed by atoms with E-state index < -0.39 is 11.8 Å². The molecule has 7 atom stereocenters. The molecule has 0 spiro atoms. The predicted molar refractivity (Wildman–Crippen MR) is 124 cm³/mol. The summed E-state index contributed by atoms with van der Waals surface area (Å²) in [4.78, 5) is 10.9. The van der Waals surface area contributed by atoms with Crippen LogP contribution in [0.2, 0.25) is 0 Å². The molecule has 0 bridgehead atoms. The molecule has 4 aliphatic carbocycles. The molecule has 7 unspecified atom stereocenters. The number of nitrogens with two attached hydrogens (primary N) is 1. The highest BCUT2D eigenvalue weighted by Gasteiger charge is 2.69. The summed E-state index contributed by atoms with van der Waals surface area (Å²) in [5.74, 6) is -1.35. The van der Waals surface area contributed by atoms with Gasteiger partial charge in [0.2, 0.25) is 0 Å². The van der Waals surface area contributed by atoms with Crippen molar-refractivity contribution in [3.05, 3.63) is 0 Å². The maximum atomic E-state index is 11.4. The third-order valence-corrected chi connectivity index (χ3v) is 9.95. The van der Waals surface area contributed by atoms with Crippen LogP contribution >= 0.6 is 0 Å². The van der Waals surface area contributed by atoms with E-state index in [9.17, 15) is 15.0 Å². The smallest absolute Gasteiger partial charge is 0.303 e. The molecule has 0 aromatic carbocycles. The topological polar surface area (TPSA) is 139 Å². The summed E-state index contributed by atoms with van der Waals surface area (Å²) < 4.78 is 0. The Labute approximate surface area is 189 Å². The van der Waals surface area contributed by atoms with Gasteiger partial charge in [0.1, 0.15) is 0 Å². The molecule has 0 aromatic rings. The van der Waals surface area contributed by atoms with Gasteiger partial charge in [-0.15, -0.1) is 0 Å². The van der Waals surface area contributed by atoms with Crippen LogP contribution in [-0.4, -0.2) is 32.6 Å². The fraction of sp³-hybridized carbons (Fsp3) is 0.960. The van der Waals surface area contributed by atoms with Crippen LogP contribution in [0.4, 0.5) is 0 Å². The van der Waals surface area contributed by atoms with E-state index in [0.717, 1.165) is 57.8 Å². The van der Waals surface area contributed by atoms with Gasteiger partial charge in [0.05, 0.1) is 0 Å². The molecule has 0 saturated heterocycles. The number of carbonyl (C=O) groups is 1. The molecule has 4 fully saturated rings. The molecule has 0 radical (unpaired) electrons. The zero-order chi connectivity index (χ0) is 22.4. The standard InChI is InChI=1S/C23H39NO4.C2H6.H3N/c1-20-14-23(27,28)19-16(10-13-22(24)12-4-3-11-21(19,22)2)17(20)9-8-15(20)6-5-7-18(25)26;1-2;/h15-17,19,27-28H,3-14,24H2,1-2H3,(H,25,26);1-2H3;1H3.